The molecular formula is C21H23N7O3S2. The number of hydrogen-bond donors (Lipinski definition) is 1. The lowest BCUT2D eigenvalue weighted by Gasteiger charge is -2.10. The first kappa shape index (κ1) is 22.9. The Hall–Kier alpha value is -3.25. The molecule has 0 spiro atoms. The van der Waals surface area contributed by atoms with Crippen molar-refractivity contribution in [2.75, 3.05) is 11.1 Å². The third kappa shape index (κ3) is 4.62. The molecule has 1 N–H and O–H groups in total. The molecule has 4 aromatic rings. The summed E-state index contributed by atoms with van der Waals surface area (Å²) in [5, 5.41) is 12.5. The Morgan fingerprint density at radius 1 is 1.12 bits per heavy atom. The molecule has 0 saturated heterocycles. The molecule has 0 radical (unpaired) electrons. The molecule has 3 heterocycles. The molecule has 0 fully saturated rings. The van der Waals surface area contributed by atoms with Crippen LogP contribution in [0.3, 0.4) is 0 Å². The molecular weight excluding hydrogens is 462 g/mol. The van der Waals surface area contributed by atoms with Crippen molar-refractivity contribution in [3.8, 4) is 0 Å². The van der Waals surface area contributed by atoms with Gasteiger partial charge in [0.15, 0.2) is 16.3 Å². The summed E-state index contributed by atoms with van der Waals surface area (Å²) in [6, 6.07) is 7.95. The molecule has 4 rings (SSSR count). The fourth-order valence-electron chi connectivity index (χ4n) is 3.29. The van der Waals surface area contributed by atoms with Crippen molar-refractivity contribution >= 4 is 45.3 Å². The molecule has 10 nitrogen and oxygen atoms in total. The van der Waals surface area contributed by atoms with Crippen LogP contribution in [0.15, 0.2) is 39.0 Å². The third-order valence-corrected chi connectivity index (χ3v) is 7.08. The fourth-order valence-corrected chi connectivity index (χ4v) is 4.78. The summed E-state index contributed by atoms with van der Waals surface area (Å²) in [6.07, 6.45) is 0.749. The van der Waals surface area contributed by atoms with Crippen molar-refractivity contribution in [2.45, 2.75) is 32.0 Å². The van der Waals surface area contributed by atoms with E-state index in [0.29, 0.717) is 22.3 Å². The van der Waals surface area contributed by atoms with Gasteiger partial charge < -0.3 is 4.57 Å². The number of aryl methyl sites for hydroxylation is 3. The second-order valence-corrected chi connectivity index (χ2v) is 9.54. The van der Waals surface area contributed by atoms with Gasteiger partial charge in [-0.25, -0.2) is 9.78 Å². The maximum absolute atomic E-state index is 13.0. The van der Waals surface area contributed by atoms with Crippen molar-refractivity contribution in [2.24, 2.45) is 14.1 Å². The largest absolute Gasteiger partial charge is 0.332 e. The van der Waals surface area contributed by atoms with E-state index in [2.05, 4.69) is 20.5 Å². The van der Waals surface area contributed by atoms with E-state index < -0.39 is 11.2 Å². The second-order valence-electron chi connectivity index (χ2n) is 7.54. The van der Waals surface area contributed by atoms with E-state index in [9.17, 15) is 14.4 Å². The molecule has 3 aromatic heterocycles. The number of amides is 1. The number of hydrogen-bond acceptors (Lipinski definition) is 8. The van der Waals surface area contributed by atoms with Crippen LogP contribution in [0.25, 0.3) is 11.2 Å². The van der Waals surface area contributed by atoms with Gasteiger partial charge in [0, 0.05) is 14.1 Å². The second kappa shape index (κ2) is 9.32. The van der Waals surface area contributed by atoms with Crippen LogP contribution in [0.2, 0.25) is 0 Å². The average Bonchev–Trinajstić information content (AvgIpc) is 3.41. The molecule has 0 aliphatic carbocycles. The van der Waals surface area contributed by atoms with E-state index in [1.165, 1.54) is 34.7 Å². The van der Waals surface area contributed by atoms with Gasteiger partial charge in [-0.15, -0.1) is 10.2 Å². The van der Waals surface area contributed by atoms with Gasteiger partial charge in [-0.1, -0.05) is 59.9 Å². The van der Waals surface area contributed by atoms with Gasteiger partial charge in [0.2, 0.25) is 11.0 Å². The lowest BCUT2D eigenvalue weighted by Crippen LogP contribution is -2.37. The molecule has 1 amide bonds. The van der Waals surface area contributed by atoms with Gasteiger partial charge in [-0.3, -0.25) is 24.0 Å². The van der Waals surface area contributed by atoms with Gasteiger partial charge in [0.05, 0.1) is 12.3 Å². The van der Waals surface area contributed by atoms with Crippen LogP contribution >= 0.6 is 23.1 Å². The lowest BCUT2D eigenvalue weighted by atomic mass is 10.1. The van der Waals surface area contributed by atoms with Gasteiger partial charge >= 0.3 is 5.69 Å². The zero-order chi connectivity index (χ0) is 23.7. The molecule has 1 aromatic carbocycles. The quantitative estimate of drug-likeness (QED) is 0.398. The molecule has 0 aliphatic rings. The summed E-state index contributed by atoms with van der Waals surface area (Å²) in [7, 11) is 3.02. The Morgan fingerprint density at radius 2 is 1.85 bits per heavy atom. The minimum Gasteiger partial charge on any atom is -0.309 e. The highest BCUT2D eigenvalue weighted by Gasteiger charge is 2.20. The minimum absolute atomic E-state index is 0.0620. The maximum atomic E-state index is 13.0. The smallest absolute Gasteiger partial charge is 0.309 e. The summed E-state index contributed by atoms with van der Waals surface area (Å²) < 4.78 is 4.18. The monoisotopic (exact) mass is 485 g/mol. The van der Waals surface area contributed by atoms with Gasteiger partial charge in [0.25, 0.3) is 5.56 Å². The molecule has 0 aliphatic heterocycles. The number of carbonyl (C=O) groups excluding carboxylic acids is 1. The van der Waals surface area contributed by atoms with Crippen molar-refractivity contribution in [1.82, 2.24) is 28.9 Å². The van der Waals surface area contributed by atoms with Crippen molar-refractivity contribution < 1.29 is 4.79 Å². The zero-order valence-corrected chi connectivity index (χ0v) is 20.3. The molecule has 0 unspecified atom stereocenters. The van der Waals surface area contributed by atoms with Crippen LogP contribution in [0.5, 0.6) is 0 Å². The zero-order valence-electron chi connectivity index (χ0n) is 18.7. The number of carbonyl (C=O) groups is 1. The standard InChI is InChI=1S/C21H23N7O3S2/c1-5-15-24-25-19(33-15)22-14(29)11-32-20-23-17-16(18(30)27(4)21(31)26(17)3)28(20)10-13-8-6-12(2)7-9-13/h6-9H,5,10-11H2,1-4H3,(H,22,25,29). The predicted octanol–water partition coefficient (Wildman–Crippen LogP) is 1.94. The van der Waals surface area contributed by atoms with Gasteiger partial charge in [0.1, 0.15) is 5.01 Å². The van der Waals surface area contributed by atoms with Crippen LogP contribution in [0, 0.1) is 6.92 Å². The summed E-state index contributed by atoms with van der Waals surface area (Å²) >= 11 is 2.53. The highest BCUT2D eigenvalue weighted by atomic mass is 32.2. The Labute approximate surface area is 197 Å². The molecule has 12 heteroatoms. The average molecular weight is 486 g/mol. The summed E-state index contributed by atoms with van der Waals surface area (Å²) in [6.45, 7) is 4.35. The molecule has 0 saturated carbocycles. The van der Waals surface area contributed by atoms with Crippen molar-refractivity contribution in [3.05, 3.63) is 61.2 Å². The van der Waals surface area contributed by atoms with E-state index >= 15 is 0 Å². The summed E-state index contributed by atoms with van der Waals surface area (Å²) in [5.74, 6) is -0.193. The number of benzene rings is 1. The third-order valence-electron chi connectivity index (χ3n) is 5.12. The fraction of sp³-hybridized carbons (Fsp3) is 0.333. The number of nitrogens with zero attached hydrogens (tertiary/aromatic N) is 6. The molecule has 172 valence electrons. The molecule has 33 heavy (non-hydrogen) atoms. The van der Waals surface area contributed by atoms with Gasteiger partial charge in [-0.05, 0) is 18.9 Å². The number of anilines is 1. The maximum Gasteiger partial charge on any atom is 0.332 e. The number of nitrogens with one attached hydrogen (secondary N) is 1. The van der Waals surface area contributed by atoms with Crippen LogP contribution in [0.4, 0.5) is 5.13 Å². The predicted molar refractivity (Wildman–Crippen MR) is 129 cm³/mol. The van der Waals surface area contributed by atoms with E-state index in [-0.39, 0.29) is 17.3 Å². The number of fused-ring (bicyclic) bond motifs is 1. The van der Waals surface area contributed by atoms with Crippen LogP contribution in [-0.2, 0) is 31.9 Å². The number of thioether (sulfide) groups is 1. The normalized spacial score (nSPS) is 11.3. The van der Waals surface area contributed by atoms with E-state index in [0.717, 1.165) is 27.1 Å². The Kier molecular flexibility index (Phi) is 6.47. The van der Waals surface area contributed by atoms with Crippen molar-refractivity contribution in [1.29, 1.82) is 0 Å². The summed E-state index contributed by atoms with van der Waals surface area (Å²) in [5.41, 5.74) is 1.83. The Balaban J connectivity index is 1.68. The first-order valence-corrected chi connectivity index (χ1v) is 12.1. The Bertz CT molecular complexity index is 1450. The van der Waals surface area contributed by atoms with E-state index in [4.69, 9.17) is 0 Å². The number of rotatable bonds is 7. The van der Waals surface area contributed by atoms with Crippen LogP contribution in [-0.4, -0.2) is 40.5 Å². The number of aromatic nitrogens is 6. The van der Waals surface area contributed by atoms with E-state index in [1.54, 1.807) is 11.6 Å². The molecule has 0 bridgehead atoms. The highest BCUT2D eigenvalue weighted by molar-refractivity contribution is 7.99. The lowest BCUT2D eigenvalue weighted by molar-refractivity contribution is -0.113. The first-order chi connectivity index (χ1) is 15.8. The topological polar surface area (TPSA) is 117 Å². The van der Waals surface area contributed by atoms with Gasteiger partial charge in [-0.2, -0.15) is 0 Å². The summed E-state index contributed by atoms with van der Waals surface area (Å²) in [4.78, 5) is 42.4. The number of imidazole rings is 1. The van der Waals surface area contributed by atoms with Crippen LogP contribution < -0.4 is 16.6 Å². The molecule has 0 atom stereocenters. The van der Waals surface area contributed by atoms with Crippen LogP contribution in [0.1, 0.15) is 23.1 Å². The SMILES string of the molecule is CCc1nnc(NC(=O)CSc2nc3c(c(=O)n(C)c(=O)n3C)n2Cc2ccc(C)cc2)s1. The minimum atomic E-state index is -0.454. The highest BCUT2D eigenvalue weighted by Crippen LogP contribution is 2.24. The van der Waals surface area contributed by atoms with E-state index in [1.807, 2.05) is 38.1 Å². The van der Waals surface area contributed by atoms with Crippen molar-refractivity contribution in [3.63, 3.8) is 0 Å². The Morgan fingerprint density at radius 3 is 2.52 bits per heavy atom. The first-order valence-electron chi connectivity index (χ1n) is 10.2.